The maximum Gasteiger partial charge on any atom is 0.136 e. The van der Waals surface area contributed by atoms with E-state index in [-0.39, 0.29) is 0 Å². The normalized spacial score (nSPS) is 13.2. The molecule has 0 heterocycles. The molecular weight excluding hydrogens is 210 g/mol. The number of hydrogen-bond donors (Lipinski definition) is 0. The molecule has 0 radical (unpaired) electrons. The summed E-state index contributed by atoms with van der Waals surface area (Å²) >= 11 is 0. The molecule has 0 saturated carbocycles. The largest absolute Gasteiger partial charge is 0.322 e. The molecule has 0 fully saturated rings. The van der Waals surface area contributed by atoms with Gasteiger partial charge in [-0.15, -0.1) is 0 Å². The highest BCUT2D eigenvalue weighted by Crippen LogP contribution is 2.43. The van der Waals surface area contributed by atoms with Crippen LogP contribution in [0.3, 0.4) is 0 Å². The third kappa shape index (κ3) is 2.98. The Morgan fingerprint density at radius 3 is 1.50 bits per heavy atom. The maximum absolute atomic E-state index is 4.07. The van der Waals surface area contributed by atoms with Gasteiger partial charge in [-0.1, -0.05) is 53.7 Å². The van der Waals surface area contributed by atoms with Crippen LogP contribution in [0.25, 0.3) is 0 Å². The quantitative estimate of drug-likeness (QED) is 0.482. The lowest BCUT2D eigenvalue weighted by atomic mass is 10.4. The van der Waals surface area contributed by atoms with Crippen LogP contribution in [-0.2, 0) is 0 Å². The highest BCUT2D eigenvalue weighted by Gasteiger charge is 2.46. The van der Waals surface area contributed by atoms with Gasteiger partial charge in [0.25, 0.3) is 0 Å². The van der Waals surface area contributed by atoms with Crippen molar-refractivity contribution in [3.63, 3.8) is 0 Å². The molecule has 0 bridgehead atoms. The molecule has 0 saturated heterocycles. The Morgan fingerprint density at radius 1 is 1.00 bits per heavy atom. The standard InChI is InChI=1S/C14H31NSi/c1-11(2)10-15(9)16(12(3)4,13(5)6)14(7)8/h12-14H,1,10H2,2-9H3. The third-order valence-electron chi connectivity index (χ3n) is 3.94. The summed E-state index contributed by atoms with van der Waals surface area (Å²) in [5.41, 5.74) is 3.65. The van der Waals surface area contributed by atoms with E-state index in [0.717, 1.165) is 23.2 Å². The third-order valence-corrected chi connectivity index (χ3v) is 11.0. The van der Waals surface area contributed by atoms with Crippen LogP contribution in [0.1, 0.15) is 48.5 Å². The van der Waals surface area contributed by atoms with Crippen molar-refractivity contribution in [3.05, 3.63) is 12.2 Å². The summed E-state index contributed by atoms with van der Waals surface area (Å²) in [6.45, 7) is 21.7. The van der Waals surface area contributed by atoms with Crippen LogP contribution in [-0.4, -0.2) is 26.4 Å². The average molecular weight is 241 g/mol. The predicted octanol–water partition coefficient (Wildman–Crippen LogP) is 4.67. The zero-order valence-corrected chi connectivity index (χ0v) is 13.6. The van der Waals surface area contributed by atoms with Gasteiger partial charge in [0.15, 0.2) is 0 Å². The first-order valence-electron chi connectivity index (χ1n) is 6.52. The van der Waals surface area contributed by atoms with Gasteiger partial charge in [0.05, 0.1) is 0 Å². The van der Waals surface area contributed by atoms with Crippen molar-refractivity contribution in [2.45, 2.75) is 65.1 Å². The fourth-order valence-corrected chi connectivity index (χ4v) is 11.1. The fraction of sp³-hybridized carbons (Fsp3) is 0.857. The van der Waals surface area contributed by atoms with Gasteiger partial charge in [-0.25, -0.2) is 0 Å². The lowest BCUT2D eigenvalue weighted by Crippen LogP contribution is -2.58. The molecule has 0 rings (SSSR count). The second-order valence-electron chi connectivity index (χ2n) is 6.16. The van der Waals surface area contributed by atoms with E-state index in [2.05, 4.69) is 66.7 Å². The topological polar surface area (TPSA) is 3.24 Å². The van der Waals surface area contributed by atoms with Gasteiger partial charge in [0.2, 0.25) is 0 Å². The van der Waals surface area contributed by atoms with Crippen molar-refractivity contribution in [1.29, 1.82) is 0 Å². The van der Waals surface area contributed by atoms with E-state index in [9.17, 15) is 0 Å². The van der Waals surface area contributed by atoms with Gasteiger partial charge >= 0.3 is 0 Å². The maximum atomic E-state index is 4.07. The first-order chi connectivity index (χ1) is 7.17. The molecule has 2 heteroatoms. The SMILES string of the molecule is C=C(C)CN(C)[Si](C(C)C)(C(C)C)C(C)C. The Bertz CT molecular complexity index is 209. The van der Waals surface area contributed by atoms with Gasteiger partial charge in [-0.05, 0) is 30.6 Å². The minimum Gasteiger partial charge on any atom is -0.322 e. The summed E-state index contributed by atoms with van der Waals surface area (Å²) in [6, 6.07) is 0. The molecule has 0 aliphatic rings. The smallest absolute Gasteiger partial charge is 0.136 e. The molecule has 0 aliphatic carbocycles. The molecular formula is C14H31NSi. The lowest BCUT2D eigenvalue weighted by molar-refractivity contribution is 0.493. The van der Waals surface area contributed by atoms with Crippen molar-refractivity contribution in [1.82, 2.24) is 4.57 Å². The molecule has 1 nitrogen and oxygen atoms in total. The molecule has 0 unspecified atom stereocenters. The molecule has 0 aromatic heterocycles. The van der Waals surface area contributed by atoms with Gasteiger partial charge in [-0.2, -0.15) is 0 Å². The van der Waals surface area contributed by atoms with Crippen LogP contribution in [0, 0.1) is 0 Å². The molecule has 0 N–H and O–H groups in total. The molecule has 96 valence electrons. The number of likely N-dealkylation sites (N-methyl/N-ethyl adjacent to an activating group) is 1. The molecule has 0 aromatic carbocycles. The number of hydrogen-bond acceptors (Lipinski definition) is 1. The predicted molar refractivity (Wildman–Crippen MR) is 78.5 cm³/mol. The van der Waals surface area contributed by atoms with Crippen LogP contribution in [0.15, 0.2) is 12.2 Å². The molecule has 0 atom stereocenters. The minimum absolute atomic E-state index is 0.789. The Hall–Kier alpha value is -0.0831. The van der Waals surface area contributed by atoms with Crippen molar-refractivity contribution in [2.24, 2.45) is 0 Å². The summed E-state index contributed by atoms with van der Waals surface area (Å²) in [5.74, 6) is 0. The summed E-state index contributed by atoms with van der Waals surface area (Å²) in [4.78, 5) is 0. The highest BCUT2D eigenvalue weighted by atomic mass is 28.3. The van der Waals surface area contributed by atoms with Crippen LogP contribution in [0.5, 0.6) is 0 Å². The molecule has 16 heavy (non-hydrogen) atoms. The molecule has 0 aliphatic heterocycles. The van der Waals surface area contributed by atoms with Crippen LogP contribution >= 0.6 is 0 Å². The van der Waals surface area contributed by atoms with Gasteiger partial charge in [0.1, 0.15) is 8.24 Å². The molecule has 0 aromatic rings. The second-order valence-corrected chi connectivity index (χ2v) is 12.2. The van der Waals surface area contributed by atoms with E-state index < -0.39 is 8.24 Å². The molecule has 0 spiro atoms. The zero-order chi connectivity index (χ0) is 13.1. The lowest BCUT2D eigenvalue weighted by Gasteiger charge is -2.49. The van der Waals surface area contributed by atoms with E-state index in [0.29, 0.717) is 0 Å². The van der Waals surface area contributed by atoms with Crippen molar-refractivity contribution in [3.8, 4) is 0 Å². The highest BCUT2D eigenvalue weighted by molar-refractivity contribution is 6.80. The van der Waals surface area contributed by atoms with E-state index in [1.54, 1.807) is 0 Å². The van der Waals surface area contributed by atoms with Gasteiger partial charge in [0, 0.05) is 6.54 Å². The Kier molecular flexibility index (Phi) is 5.98. The first-order valence-corrected chi connectivity index (χ1v) is 8.70. The van der Waals surface area contributed by atoms with Crippen molar-refractivity contribution in [2.75, 3.05) is 13.6 Å². The molecule has 0 amide bonds. The Balaban J connectivity index is 5.26. The summed E-state index contributed by atoms with van der Waals surface area (Å²) < 4.78 is 2.65. The van der Waals surface area contributed by atoms with Crippen molar-refractivity contribution >= 4 is 8.24 Å². The van der Waals surface area contributed by atoms with E-state index in [1.165, 1.54) is 5.57 Å². The van der Waals surface area contributed by atoms with Gasteiger partial charge in [-0.3, -0.25) is 0 Å². The Labute approximate surface area is 104 Å². The second kappa shape index (κ2) is 6.01. The van der Waals surface area contributed by atoms with Gasteiger partial charge < -0.3 is 4.57 Å². The fourth-order valence-electron chi connectivity index (χ4n) is 3.86. The summed E-state index contributed by atoms with van der Waals surface area (Å²) in [7, 11) is 0.885. The first kappa shape index (κ1) is 15.9. The van der Waals surface area contributed by atoms with E-state index >= 15 is 0 Å². The number of rotatable bonds is 6. The summed E-state index contributed by atoms with van der Waals surface area (Å²) in [5, 5.41) is 0. The van der Waals surface area contributed by atoms with Crippen LogP contribution < -0.4 is 0 Å². The zero-order valence-electron chi connectivity index (χ0n) is 12.6. The van der Waals surface area contributed by atoms with Crippen molar-refractivity contribution < 1.29 is 0 Å². The van der Waals surface area contributed by atoms with Crippen LogP contribution in [0.4, 0.5) is 0 Å². The number of nitrogens with zero attached hydrogens (tertiary/aromatic N) is 1. The van der Waals surface area contributed by atoms with Crippen LogP contribution in [0.2, 0.25) is 16.6 Å². The monoisotopic (exact) mass is 241 g/mol. The summed E-state index contributed by atoms with van der Waals surface area (Å²) in [6.07, 6.45) is 0. The minimum atomic E-state index is -1.42. The van der Waals surface area contributed by atoms with E-state index in [1.807, 2.05) is 0 Å². The average Bonchev–Trinajstić information content (AvgIpc) is 1.99. The Morgan fingerprint density at radius 2 is 1.31 bits per heavy atom. The van der Waals surface area contributed by atoms with E-state index in [4.69, 9.17) is 0 Å².